The fraction of sp³-hybridized carbons (Fsp3) is 0.474. The lowest BCUT2D eigenvalue weighted by Crippen LogP contribution is -2.35. The standard InChI is InChI=1S/C19H25FN4/c1-14-4-3-11-24(13-14)19-12-18(22-15(2)23-19)21-10-9-16-5-7-17(20)8-6-16/h5-8,12,14H,3-4,9-11,13H2,1-2H3,(H,21,22,23). The van der Waals surface area contributed by atoms with E-state index in [9.17, 15) is 4.39 Å². The maximum absolute atomic E-state index is 12.9. The summed E-state index contributed by atoms with van der Waals surface area (Å²) in [6.07, 6.45) is 3.35. The van der Waals surface area contributed by atoms with Gasteiger partial charge in [0, 0.05) is 25.7 Å². The van der Waals surface area contributed by atoms with Crippen LogP contribution < -0.4 is 10.2 Å². The highest BCUT2D eigenvalue weighted by Crippen LogP contribution is 2.23. The van der Waals surface area contributed by atoms with Crippen LogP contribution in [0, 0.1) is 18.7 Å². The molecule has 1 aromatic heterocycles. The molecule has 128 valence electrons. The van der Waals surface area contributed by atoms with E-state index in [2.05, 4.69) is 27.1 Å². The fourth-order valence-corrected chi connectivity index (χ4v) is 3.19. The molecule has 2 heterocycles. The largest absolute Gasteiger partial charge is 0.370 e. The van der Waals surface area contributed by atoms with Gasteiger partial charge in [0.25, 0.3) is 0 Å². The van der Waals surface area contributed by atoms with Crippen LogP contribution >= 0.6 is 0 Å². The van der Waals surface area contributed by atoms with Gasteiger partial charge in [0.2, 0.25) is 0 Å². The summed E-state index contributed by atoms with van der Waals surface area (Å²) in [6, 6.07) is 8.68. The molecule has 1 aliphatic rings. The molecule has 5 heteroatoms. The van der Waals surface area contributed by atoms with Crippen molar-refractivity contribution < 1.29 is 4.39 Å². The zero-order valence-corrected chi connectivity index (χ0v) is 14.4. The van der Waals surface area contributed by atoms with Crippen LogP contribution in [0.2, 0.25) is 0 Å². The number of aromatic nitrogens is 2. The summed E-state index contributed by atoms with van der Waals surface area (Å²) in [7, 11) is 0. The van der Waals surface area contributed by atoms with Gasteiger partial charge in [-0.3, -0.25) is 0 Å². The Kier molecular flexibility index (Phi) is 5.28. The number of nitrogens with one attached hydrogen (secondary N) is 1. The maximum Gasteiger partial charge on any atom is 0.134 e. The summed E-state index contributed by atoms with van der Waals surface area (Å²) >= 11 is 0. The minimum atomic E-state index is -0.196. The molecule has 2 aromatic rings. The van der Waals surface area contributed by atoms with Crippen LogP contribution in [0.4, 0.5) is 16.0 Å². The number of hydrogen-bond acceptors (Lipinski definition) is 4. The molecule has 0 bridgehead atoms. The van der Waals surface area contributed by atoms with Crippen LogP contribution in [-0.2, 0) is 6.42 Å². The molecular weight excluding hydrogens is 303 g/mol. The topological polar surface area (TPSA) is 41.1 Å². The molecule has 1 aromatic carbocycles. The number of hydrogen-bond donors (Lipinski definition) is 1. The predicted octanol–water partition coefficient (Wildman–Crippen LogP) is 3.82. The van der Waals surface area contributed by atoms with E-state index in [0.29, 0.717) is 5.92 Å². The third-order valence-electron chi connectivity index (χ3n) is 4.44. The zero-order chi connectivity index (χ0) is 16.9. The Morgan fingerprint density at radius 2 is 2.04 bits per heavy atom. The lowest BCUT2D eigenvalue weighted by atomic mass is 10.0. The first-order valence-electron chi connectivity index (χ1n) is 8.69. The molecule has 4 nitrogen and oxygen atoms in total. The Labute approximate surface area is 143 Å². The highest BCUT2D eigenvalue weighted by Gasteiger charge is 2.18. The highest BCUT2D eigenvalue weighted by molar-refractivity contribution is 5.49. The van der Waals surface area contributed by atoms with E-state index in [1.807, 2.05) is 25.1 Å². The third kappa shape index (κ3) is 4.43. The van der Waals surface area contributed by atoms with Crippen LogP contribution in [0.5, 0.6) is 0 Å². The molecule has 0 aliphatic carbocycles. The number of anilines is 2. The Bertz CT molecular complexity index is 672. The smallest absolute Gasteiger partial charge is 0.134 e. The van der Waals surface area contributed by atoms with E-state index in [1.165, 1.54) is 25.0 Å². The van der Waals surface area contributed by atoms with Gasteiger partial charge < -0.3 is 10.2 Å². The van der Waals surface area contributed by atoms with Crippen LogP contribution in [0.15, 0.2) is 30.3 Å². The van der Waals surface area contributed by atoms with E-state index >= 15 is 0 Å². The van der Waals surface area contributed by atoms with E-state index in [0.717, 1.165) is 49.1 Å². The monoisotopic (exact) mass is 328 g/mol. The lowest BCUT2D eigenvalue weighted by Gasteiger charge is -2.32. The number of rotatable bonds is 5. The van der Waals surface area contributed by atoms with Gasteiger partial charge in [0.05, 0.1) is 0 Å². The Morgan fingerprint density at radius 3 is 2.79 bits per heavy atom. The van der Waals surface area contributed by atoms with Crippen LogP contribution in [-0.4, -0.2) is 29.6 Å². The summed E-state index contributed by atoms with van der Waals surface area (Å²) in [4.78, 5) is 11.4. The van der Waals surface area contributed by atoms with Crippen LogP contribution in [0.25, 0.3) is 0 Å². The molecule has 1 N–H and O–H groups in total. The van der Waals surface area contributed by atoms with Gasteiger partial charge in [-0.15, -0.1) is 0 Å². The van der Waals surface area contributed by atoms with Crippen molar-refractivity contribution in [2.45, 2.75) is 33.1 Å². The summed E-state index contributed by atoms with van der Waals surface area (Å²) < 4.78 is 12.9. The van der Waals surface area contributed by atoms with Gasteiger partial charge >= 0.3 is 0 Å². The molecule has 1 fully saturated rings. The summed E-state index contributed by atoms with van der Waals surface area (Å²) in [5.74, 6) is 3.17. The van der Waals surface area contributed by atoms with Gasteiger partial charge in [-0.1, -0.05) is 19.1 Å². The summed E-state index contributed by atoms with van der Waals surface area (Å²) in [5.41, 5.74) is 1.11. The predicted molar refractivity (Wildman–Crippen MR) is 96.0 cm³/mol. The Balaban J connectivity index is 1.62. The second-order valence-electron chi connectivity index (χ2n) is 6.66. The quantitative estimate of drug-likeness (QED) is 0.906. The van der Waals surface area contributed by atoms with Gasteiger partial charge in [-0.05, 0) is 49.8 Å². The van der Waals surface area contributed by atoms with Gasteiger partial charge in [0.15, 0.2) is 0 Å². The minimum absolute atomic E-state index is 0.196. The van der Waals surface area contributed by atoms with Crippen molar-refractivity contribution in [3.8, 4) is 0 Å². The van der Waals surface area contributed by atoms with E-state index in [-0.39, 0.29) is 5.82 Å². The first-order chi connectivity index (χ1) is 11.6. The summed E-state index contributed by atoms with van der Waals surface area (Å²) in [6.45, 7) is 7.11. The second kappa shape index (κ2) is 7.60. The third-order valence-corrected chi connectivity index (χ3v) is 4.44. The Hall–Kier alpha value is -2.17. The van der Waals surface area contributed by atoms with Gasteiger partial charge in [-0.2, -0.15) is 0 Å². The lowest BCUT2D eigenvalue weighted by molar-refractivity contribution is 0.444. The molecule has 1 atom stereocenters. The molecule has 0 radical (unpaired) electrons. The average molecular weight is 328 g/mol. The van der Waals surface area contributed by atoms with E-state index in [4.69, 9.17) is 0 Å². The van der Waals surface area contributed by atoms with Crippen molar-refractivity contribution in [1.82, 2.24) is 9.97 Å². The average Bonchev–Trinajstić information content (AvgIpc) is 2.56. The molecule has 1 unspecified atom stereocenters. The molecular formula is C19H25FN4. The molecule has 0 saturated carbocycles. The van der Waals surface area contributed by atoms with Crippen molar-refractivity contribution in [3.63, 3.8) is 0 Å². The maximum atomic E-state index is 12.9. The number of aryl methyl sites for hydroxylation is 1. The Morgan fingerprint density at radius 1 is 1.25 bits per heavy atom. The number of halogens is 1. The van der Waals surface area contributed by atoms with E-state index < -0.39 is 0 Å². The number of piperidine rings is 1. The van der Waals surface area contributed by atoms with Crippen molar-refractivity contribution in [1.29, 1.82) is 0 Å². The SMILES string of the molecule is Cc1nc(NCCc2ccc(F)cc2)cc(N2CCCC(C)C2)n1. The van der Waals surface area contributed by atoms with Crippen molar-refractivity contribution in [2.24, 2.45) is 5.92 Å². The van der Waals surface area contributed by atoms with Gasteiger partial charge in [-0.25, -0.2) is 14.4 Å². The highest BCUT2D eigenvalue weighted by atomic mass is 19.1. The van der Waals surface area contributed by atoms with Crippen molar-refractivity contribution in [2.75, 3.05) is 29.9 Å². The van der Waals surface area contributed by atoms with Crippen LogP contribution in [0.1, 0.15) is 31.2 Å². The van der Waals surface area contributed by atoms with Gasteiger partial charge in [0.1, 0.15) is 23.3 Å². The van der Waals surface area contributed by atoms with Crippen molar-refractivity contribution in [3.05, 3.63) is 47.5 Å². The fourth-order valence-electron chi connectivity index (χ4n) is 3.19. The number of nitrogens with zero attached hydrogens (tertiary/aromatic N) is 3. The normalized spacial score (nSPS) is 17.8. The molecule has 24 heavy (non-hydrogen) atoms. The number of benzene rings is 1. The summed E-state index contributed by atoms with van der Waals surface area (Å²) in [5, 5.41) is 3.37. The first-order valence-corrected chi connectivity index (χ1v) is 8.69. The minimum Gasteiger partial charge on any atom is -0.370 e. The van der Waals surface area contributed by atoms with E-state index in [1.54, 1.807) is 0 Å². The van der Waals surface area contributed by atoms with Crippen molar-refractivity contribution >= 4 is 11.6 Å². The first kappa shape index (κ1) is 16.7. The molecule has 0 amide bonds. The molecule has 1 saturated heterocycles. The zero-order valence-electron chi connectivity index (χ0n) is 14.4. The molecule has 3 rings (SSSR count). The van der Waals surface area contributed by atoms with Crippen LogP contribution in [0.3, 0.4) is 0 Å². The molecule has 0 spiro atoms. The second-order valence-corrected chi connectivity index (χ2v) is 6.66. The molecule has 1 aliphatic heterocycles.